The van der Waals surface area contributed by atoms with E-state index in [4.69, 9.17) is 0 Å². The van der Waals surface area contributed by atoms with Gasteiger partial charge in [0.2, 0.25) is 0 Å². The Morgan fingerprint density at radius 1 is 1.37 bits per heavy atom. The van der Waals surface area contributed by atoms with Crippen LogP contribution in [0.5, 0.6) is 0 Å². The SMILES string of the molecule is CCC(NCC1(O)CCCCC1)c1ccc(F)cn1. The van der Waals surface area contributed by atoms with Crippen LogP contribution in [-0.4, -0.2) is 22.2 Å². The molecule has 0 aliphatic heterocycles. The summed E-state index contributed by atoms with van der Waals surface area (Å²) in [6, 6.07) is 3.22. The first-order valence-electron chi connectivity index (χ1n) is 7.20. The van der Waals surface area contributed by atoms with Gasteiger partial charge < -0.3 is 10.4 Å². The number of rotatable bonds is 5. The zero-order valence-electron chi connectivity index (χ0n) is 11.5. The van der Waals surface area contributed by atoms with Gasteiger partial charge in [-0.25, -0.2) is 4.39 Å². The van der Waals surface area contributed by atoms with E-state index >= 15 is 0 Å². The molecule has 0 amide bonds. The van der Waals surface area contributed by atoms with Crippen molar-refractivity contribution in [2.75, 3.05) is 6.54 Å². The Kier molecular flexibility index (Phi) is 4.88. The van der Waals surface area contributed by atoms with E-state index in [1.54, 1.807) is 6.07 Å². The number of aliphatic hydroxyl groups is 1. The minimum atomic E-state index is -0.578. The van der Waals surface area contributed by atoms with E-state index < -0.39 is 5.60 Å². The van der Waals surface area contributed by atoms with Crippen LogP contribution in [-0.2, 0) is 0 Å². The number of nitrogens with zero attached hydrogens (tertiary/aromatic N) is 1. The molecule has 1 fully saturated rings. The van der Waals surface area contributed by atoms with Gasteiger partial charge in [0.1, 0.15) is 5.82 Å². The first kappa shape index (κ1) is 14.4. The molecule has 1 atom stereocenters. The maximum atomic E-state index is 12.9. The predicted octanol–water partition coefficient (Wildman–Crippen LogP) is 2.96. The Hall–Kier alpha value is -1.00. The summed E-state index contributed by atoms with van der Waals surface area (Å²) in [7, 11) is 0. The summed E-state index contributed by atoms with van der Waals surface area (Å²) in [5.41, 5.74) is 0.259. The van der Waals surface area contributed by atoms with Gasteiger partial charge in [0.05, 0.1) is 17.5 Å². The van der Waals surface area contributed by atoms with Crippen molar-refractivity contribution in [3.63, 3.8) is 0 Å². The smallest absolute Gasteiger partial charge is 0.141 e. The summed E-state index contributed by atoms with van der Waals surface area (Å²) >= 11 is 0. The highest BCUT2D eigenvalue weighted by molar-refractivity contribution is 5.10. The van der Waals surface area contributed by atoms with E-state index in [-0.39, 0.29) is 11.9 Å². The normalized spacial score (nSPS) is 20.2. The van der Waals surface area contributed by atoms with Crippen molar-refractivity contribution < 1.29 is 9.50 Å². The number of hydrogen-bond acceptors (Lipinski definition) is 3. The lowest BCUT2D eigenvalue weighted by Crippen LogP contribution is -2.43. The fourth-order valence-electron chi connectivity index (χ4n) is 2.75. The van der Waals surface area contributed by atoms with Crippen LogP contribution in [0, 0.1) is 5.82 Å². The van der Waals surface area contributed by atoms with Crippen LogP contribution in [0.1, 0.15) is 57.2 Å². The molecule has 0 aromatic carbocycles. The Bertz CT molecular complexity index is 388. The van der Waals surface area contributed by atoms with Gasteiger partial charge in [-0.3, -0.25) is 4.98 Å². The molecule has 106 valence electrons. The number of aromatic nitrogens is 1. The van der Waals surface area contributed by atoms with Crippen molar-refractivity contribution in [1.29, 1.82) is 0 Å². The molecule has 0 radical (unpaired) electrons. The van der Waals surface area contributed by atoms with Gasteiger partial charge in [0.25, 0.3) is 0 Å². The van der Waals surface area contributed by atoms with E-state index in [0.29, 0.717) is 6.54 Å². The van der Waals surface area contributed by atoms with E-state index in [2.05, 4.69) is 17.2 Å². The van der Waals surface area contributed by atoms with Crippen LogP contribution in [0.4, 0.5) is 4.39 Å². The average Bonchev–Trinajstić information content (AvgIpc) is 2.42. The van der Waals surface area contributed by atoms with Gasteiger partial charge in [-0.05, 0) is 31.4 Å². The number of pyridine rings is 1. The molecule has 1 saturated carbocycles. The molecule has 1 aromatic heterocycles. The Morgan fingerprint density at radius 3 is 2.68 bits per heavy atom. The zero-order valence-corrected chi connectivity index (χ0v) is 11.5. The van der Waals surface area contributed by atoms with Gasteiger partial charge in [0, 0.05) is 12.6 Å². The van der Waals surface area contributed by atoms with Crippen molar-refractivity contribution in [2.24, 2.45) is 0 Å². The monoisotopic (exact) mass is 266 g/mol. The van der Waals surface area contributed by atoms with Crippen LogP contribution in [0.15, 0.2) is 18.3 Å². The molecule has 0 spiro atoms. The molecule has 19 heavy (non-hydrogen) atoms. The fourth-order valence-corrected chi connectivity index (χ4v) is 2.75. The minimum Gasteiger partial charge on any atom is -0.389 e. The standard InChI is InChI=1S/C15H23FN2O/c1-2-13(14-7-6-12(16)10-17-14)18-11-15(19)8-4-3-5-9-15/h6-7,10,13,18-19H,2-5,8-9,11H2,1H3. The molecule has 0 saturated heterocycles. The Morgan fingerprint density at radius 2 is 2.11 bits per heavy atom. The van der Waals surface area contributed by atoms with Crippen molar-refractivity contribution in [1.82, 2.24) is 10.3 Å². The average molecular weight is 266 g/mol. The lowest BCUT2D eigenvalue weighted by atomic mass is 9.84. The zero-order chi connectivity index (χ0) is 13.7. The van der Waals surface area contributed by atoms with Gasteiger partial charge in [-0.2, -0.15) is 0 Å². The van der Waals surface area contributed by atoms with E-state index in [0.717, 1.165) is 37.8 Å². The second-order valence-electron chi connectivity index (χ2n) is 5.53. The number of halogens is 1. The highest BCUT2D eigenvalue weighted by atomic mass is 19.1. The first-order valence-corrected chi connectivity index (χ1v) is 7.20. The summed E-state index contributed by atoms with van der Waals surface area (Å²) in [6.45, 7) is 2.65. The Balaban J connectivity index is 1.93. The third-order valence-electron chi connectivity index (χ3n) is 3.98. The van der Waals surface area contributed by atoms with Crippen molar-refractivity contribution in [3.05, 3.63) is 29.8 Å². The van der Waals surface area contributed by atoms with Crippen LogP contribution in [0.3, 0.4) is 0 Å². The van der Waals surface area contributed by atoms with Crippen molar-refractivity contribution >= 4 is 0 Å². The maximum Gasteiger partial charge on any atom is 0.141 e. The topological polar surface area (TPSA) is 45.1 Å². The predicted molar refractivity (Wildman–Crippen MR) is 73.3 cm³/mol. The summed E-state index contributed by atoms with van der Waals surface area (Å²) in [5.74, 6) is -0.315. The minimum absolute atomic E-state index is 0.0755. The quantitative estimate of drug-likeness (QED) is 0.861. The third-order valence-corrected chi connectivity index (χ3v) is 3.98. The van der Waals surface area contributed by atoms with E-state index in [1.165, 1.54) is 18.7 Å². The molecule has 1 aliphatic rings. The van der Waals surface area contributed by atoms with E-state index in [1.807, 2.05) is 0 Å². The van der Waals surface area contributed by atoms with Crippen LogP contribution >= 0.6 is 0 Å². The molecule has 2 rings (SSSR count). The highest BCUT2D eigenvalue weighted by Gasteiger charge is 2.29. The van der Waals surface area contributed by atoms with Crippen molar-refractivity contribution in [3.8, 4) is 0 Å². The Labute approximate surface area is 114 Å². The van der Waals surface area contributed by atoms with Crippen LogP contribution < -0.4 is 5.32 Å². The molecule has 3 nitrogen and oxygen atoms in total. The molecule has 2 N–H and O–H groups in total. The molecule has 1 aromatic rings. The van der Waals surface area contributed by atoms with Crippen LogP contribution in [0.2, 0.25) is 0 Å². The molecule has 1 unspecified atom stereocenters. The van der Waals surface area contributed by atoms with Crippen molar-refractivity contribution in [2.45, 2.75) is 57.1 Å². The molecular formula is C15H23FN2O. The molecule has 0 bridgehead atoms. The van der Waals surface area contributed by atoms with Gasteiger partial charge in [0.15, 0.2) is 0 Å². The van der Waals surface area contributed by atoms with Crippen LogP contribution in [0.25, 0.3) is 0 Å². The second-order valence-corrected chi connectivity index (χ2v) is 5.53. The summed E-state index contributed by atoms with van der Waals surface area (Å²) in [5, 5.41) is 13.8. The fraction of sp³-hybridized carbons (Fsp3) is 0.667. The summed E-state index contributed by atoms with van der Waals surface area (Å²) in [4.78, 5) is 4.12. The number of nitrogens with one attached hydrogen (secondary N) is 1. The van der Waals surface area contributed by atoms with Gasteiger partial charge >= 0.3 is 0 Å². The summed E-state index contributed by atoms with van der Waals surface area (Å²) < 4.78 is 12.9. The molecule has 1 aliphatic carbocycles. The van der Waals surface area contributed by atoms with Gasteiger partial charge in [-0.1, -0.05) is 26.2 Å². The largest absolute Gasteiger partial charge is 0.389 e. The first-order chi connectivity index (χ1) is 9.13. The lowest BCUT2D eigenvalue weighted by molar-refractivity contribution is 0.00238. The third kappa shape index (κ3) is 3.98. The van der Waals surface area contributed by atoms with Gasteiger partial charge in [-0.15, -0.1) is 0 Å². The summed E-state index contributed by atoms with van der Waals surface area (Å²) in [6.07, 6.45) is 7.27. The number of hydrogen-bond donors (Lipinski definition) is 2. The molecule has 1 heterocycles. The molecule has 4 heteroatoms. The second kappa shape index (κ2) is 6.44. The maximum absolute atomic E-state index is 12.9. The molecular weight excluding hydrogens is 243 g/mol. The highest BCUT2D eigenvalue weighted by Crippen LogP contribution is 2.28. The lowest BCUT2D eigenvalue weighted by Gasteiger charge is -2.33. The van der Waals surface area contributed by atoms with E-state index in [9.17, 15) is 9.50 Å².